The van der Waals surface area contributed by atoms with E-state index in [1.165, 1.54) is 6.26 Å². The van der Waals surface area contributed by atoms with E-state index in [4.69, 9.17) is 18.0 Å². The van der Waals surface area contributed by atoms with Gasteiger partial charge in [-0.15, -0.1) is 0 Å². The van der Waals surface area contributed by atoms with E-state index >= 15 is 0 Å². The van der Waals surface area contributed by atoms with Crippen molar-refractivity contribution in [2.24, 2.45) is 5.73 Å². The number of thiocarbonyl (C=S) groups is 1. The number of benzene rings is 1. The van der Waals surface area contributed by atoms with Crippen LogP contribution in [0.2, 0.25) is 0 Å². The summed E-state index contributed by atoms with van der Waals surface area (Å²) >= 11 is 4.80. The minimum Gasteiger partial charge on any atom is -0.376 e. The fourth-order valence-electron chi connectivity index (χ4n) is 2.26. The zero-order valence-corrected chi connectivity index (χ0v) is 12.4. The molecule has 104 valence electrons. The van der Waals surface area contributed by atoms with Gasteiger partial charge in [-0.25, -0.2) is 8.42 Å². The van der Waals surface area contributed by atoms with Gasteiger partial charge in [0.25, 0.3) is 0 Å². The van der Waals surface area contributed by atoms with Crippen LogP contribution in [-0.4, -0.2) is 32.9 Å². The van der Waals surface area contributed by atoms with Crippen LogP contribution >= 0.6 is 12.2 Å². The first-order chi connectivity index (χ1) is 8.88. The Balaban J connectivity index is 2.46. The van der Waals surface area contributed by atoms with Crippen molar-refractivity contribution in [3.63, 3.8) is 0 Å². The van der Waals surface area contributed by atoms with Crippen molar-refractivity contribution in [2.75, 3.05) is 29.6 Å². The van der Waals surface area contributed by atoms with Gasteiger partial charge < -0.3 is 16.0 Å². The van der Waals surface area contributed by atoms with Crippen LogP contribution in [0, 0.1) is 0 Å². The molecule has 0 aliphatic carbocycles. The summed E-state index contributed by atoms with van der Waals surface area (Å²) in [6.07, 6.45) is 3.38. The molecule has 0 aromatic heterocycles. The predicted molar refractivity (Wildman–Crippen MR) is 81.4 cm³/mol. The number of sulfone groups is 1. The molecule has 1 heterocycles. The Kier molecular flexibility index (Phi) is 3.96. The normalized spacial score (nSPS) is 15.5. The van der Waals surface area contributed by atoms with E-state index in [2.05, 4.69) is 10.2 Å². The minimum atomic E-state index is -3.25. The molecule has 1 aliphatic rings. The standard InChI is InChI=1S/C12H17N3O2S2/c1-19(16,17)11-5-4-9(14-12(13)18)8-10(11)15-6-2-3-7-15/h4-5,8H,2-3,6-7H2,1H3,(H3,13,14,18). The van der Waals surface area contributed by atoms with Crippen molar-refractivity contribution in [3.05, 3.63) is 18.2 Å². The molecule has 0 amide bonds. The summed E-state index contributed by atoms with van der Waals surface area (Å²) in [6.45, 7) is 1.75. The molecule has 19 heavy (non-hydrogen) atoms. The number of nitrogens with two attached hydrogens (primary N) is 1. The third kappa shape index (κ3) is 3.36. The van der Waals surface area contributed by atoms with E-state index in [1.54, 1.807) is 18.2 Å². The van der Waals surface area contributed by atoms with Crippen LogP contribution in [0.4, 0.5) is 11.4 Å². The van der Waals surface area contributed by atoms with Crippen molar-refractivity contribution in [1.82, 2.24) is 0 Å². The lowest BCUT2D eigenvalue weighted by Gasteiger charge is -2.21. The Hall–Kier alpha value is -1.34. The van der Waals surface area contributed by atoms with Crippen molar-refractivity contribution in [3.8, 4) is 0 Å². The molecule has 7 heteroatoms. The number of nitrogens with zero attached hydrogens (tertiary/aromatic N) is 1. The maximum Gasteiger partial charge on any atom is 0.177 e. The highest BCUT2D eigenvalue weighted by molar-refractivity contribution is 7.90. The highest BCUT2D eigenvalue weighted by atomic mass is 32.2. The maximum atomic E-state index is 11.8. The molecule has 0 atom stereocenters. The van der Waals surface area contributed by atoms with Crippen LogP contribution in [0.1, 0.15) is 12.8 Å². The summed E-state index contributed by atoms with van der Waals surface area (Å²) in [4.78, 5) is 2.43. The van der Waals surface area contributed by atoms with Crippen LogP contribution in [0.25, 0.3) is 0 Å². The van der Waals surface area contributed by atoms with Crippen molar-refractivity contribution in [2.45, 2.75) is 17.7 Å². The van der Waals surface area contributed by atoms with Gasteiger partial charge in [0.05, 0.1) is 10.6 Å². The average Bonchev–Trinajstić information content (AvgIpc) is 2.79. The Labute approximate surface area is 118 Å². The summed E-state index contributed by atoms with van der Waals surface area (Å²) in [5, 5.41) is 3.00. The molecule has 0 spiro atoms. The van der Waals surface area contributed by atoms with Crippen molar-refractivity contribution >= 4 is 38.5 Å². The quantitative estimate of drug-likeness (QED) is 0.821. The van der Waals surface area contributed by atoms with Crippen LogP contribution in [-0.2, 0) is 9.84 Å². The molecule has 1 saturated heterocycles. The molecule has 3 N–H and O–H groups in total. The Morgan fingerprint density at radius 1 is 1.37 bits per heavy atom. The monoisotopic (exact) mass is 299 g/mol. The van der Waals surface area contributed by atoms with Crippen LogP contribution in [0.3, 0.4) is 0 Å². The number of hydrogen-bond acceptors (Lipinski definition) is 4. The fourth-order valence-corrected chi connectivity index (χ4v) is 3.26. The average molecular weight is 299 g/mol. The van der Waals surface area contributed by atoms with Crippen LogP contribution in [0.5, 0.6) is 0 Å². The van der Waals surface area contributed by atoms with Crippen molar-refractivity contribution < 1.29 is 8.42 Å². The fraction of sp³-hybridized carbons (Fsp3) is 0.417. The molecule has 1 aromatic carbocycles. The molecule has 0 radical (unpaired) electrons. The van der Waals surface area contributed by atoms with Crippen molar-refractivity contribution in [1.29, 1.82) is 0 Å². The first-order valence-corrected chi connectivity index (χ1v) is 8.33. The third-order valence-electron chi connectivity index (χ3n) is 3.07. The van der Waals surface area contributed by atoms with E-state index in [9.17, 15) is 8.42 Å². The summed E-state index contributed by atoms with van der Waals surface area (Å²) in [7, 11) is -3.25. The van der Waals surface area contributed by atoms with E-state index in [1.807, 2.05) is 0 Å². The molecule has 0 unspecified atom stereocenters. The number of hydrogen-bond donors (Lipinski definition) is 2. The zero-order valence-electron chi connectivity index (χ0n) is 10.7. The second kappa shape index (κ2) is 5.34. The summed E-state index contributed by atoms with van der Waals surface area (Å²) in [6, 6.07) is 5.07. The maximum absolute atomic E-state index is 11.8. The first kappa shape index (κ1) is 14.1. The van der Waals surface area contributed by atoms with Crippen LogP contribution < -0.4 is 16.0 Å². The van der Waals surface area contributed by atoms with Crippen LogP contribution in [0.15, 0.2) is 23.1 Å². The van der Waals surface area contributed by atoms with Gasteiger partial charge in [0.15, 0.2) is 14.9 Å². The van der Waals surface area contributed by atoms with E-state index in [-0.39, 0.29) is 5.11 Å². The van der Waals surface area contributed by atoms with E-state index in [0.717, 1.165) is 31.6 Å². The zero-order chi connectivity index (χ0) is 14.0. The Morgan fingerprint density at radius 3 is 2.53 bits per heavy atom. The van der Waals surface area contributed by atoms with Gasteiger partial charge >= 0.3 is 0 Å². The smallest absolute Gasteiger partial charge is 0.177 e. The lowest BCUT2D eigenvalue weighted by atomic mass is 10.2. The molecule has 1 aliphatic heterocycles. The highest BCUT2D eigenvalue weighted by Gasteiger charge is 2.21. The molecule has 0 bridgehead atoms. The molecule has 5 nitrogen and oxygen atoms in total. The highest BCUT2D eigenvalue weighted by Crippen LogP contribution is 2.31. The van der Waals surface area contributed by atoms with Gasteiger partial charge in [0.1, 0.15) is 0 Å². The van der Waals surface area contributed by atoms with Gasteiger partial charge in [0, 0.05) is 25.0 Å². The number of rotatable bonds is 3. The molecule has 1 fully saturated rings. The summed E-state index contributed by atoms with van der Waals surface area (Å²) in [5.74, 6) is 0. The SMILES string of the molecule is CS(=O)(=O)c1ccc(NC(N)=S)cc1N1CCCC1. The number of anilines is 2. The molecular weight excluding hydrogens is 282 g/mol. The lowest BCUT2D eigenvalue weighted by molar-refractivity contribution is 0.601. The van der Waals surface area contributed by atoms with Gasteiger partial charge in [-0.3, -0.25) is 0 Å². The van der Waals surface area contributed by atoms with Gasteiger partial charge in [-0.05, 0) is 43.3 Å². The second-order valence-corrected chi connectivity index (χ2v) is 7.06. The molecular formula is C12H17N3O2S2. The Morgan fingerprint density at radius 2 is 2.00 bits per heavy atom. The second-order valence-electron chi connectivity index (χ2n) is 4.64. The molecule has 1 aromatic rings. The Bertz CT molecular complexity index is 593. The molecule has 2 rings (SSSR count). The van der Waals surface area contributed by atoms with E-state index in [0.29, 0.717) is 10.6 Å². The van der Waals surface area contributed by atoms with Gasteiger partial charge in [-0.2, -0.15) is 0 Å². The predicted octanol–water partition coefficient (Wildman–Crippen LogP) is 1.35. The summed E-state index contributed by atoms with van der Waals surface area (Å²) < 4.78 is 23.7. The lowest BCUT2D eigenvalue weighted by Crippen LogP contribution is -2.22. The van der Waals surface area contributed by atoms with Gasteiger partial charge in [0.2, 0.25) is 0 Å². The summed E-state index contributed by atoms with van der Waals surface area (Å²) in [5.41, 5.74) is 6.87. The first-order valence-electron chi connectivity index (χ1n) is 6.03. The number of nitrogens with one attached hydrogen (secondary N) is 1. The third-order valence-corrected chi connectivity index (χ3v) is 4.32. The van der Waals surface area contributed by atoms with Gasteiger partial charge in [-0.1, -0.05) is 0 Å². The van der Waals surface area contributed by atoms with E-state index < -0.39 is 9.84 Å². The molecule has 0 saturated carbocycles. The topological polar surface area (TPSA) is 75.4 Å². The largest absolute Gasteiger partial charge is 0.376 e. The minimum absolute atomic E-state index is 0.166.